The van der Waals surface area contributed by atoms with Crippen molar-refractivity contribution in [3.8, 4) is 0 Å². The molecule has 1 N–H and O–H groups in total. The Balaban J connectivity index is 1.88. The van der Waals surface area contributed by atoms with Crippen LogP contribution in [0.4, 0.5) is 13.2 Å². The van der Waals surface area contributed by atoms with Gasteiger partial charge in [-0.25, -0.2) is 0 Å². The summed E-state index contributed by atoms with van der Waals surface area (Å²) < 4.78 is 36.6. The fourth-order valence-electron chi connectivity index (χ4n) is 3.15. The Morgan fingerprint density at radius 2 is 1.80 bits per heavy atom. The van der Waals surface area contributed by atoms with Crippen LogP contribution in [0.15, 0.2) is 30.3 Å². The summed E-state index contributed by atoms with van der Waals surface area (Å²) >= 11 is 0. The molecule has 2 rings (SSSR count). The highest BCUT2D eigenvalue weighted by atomic mass is 19.4. The van der Waals surface area contributed by atoms with Gasteiger partial charge in [0.15, 0.2) is 0 Å². The summed E-state index contributed by atoms with van der Waals surface area (Å²) in [5.41, 5.74) is 1.24. The van der Waals surface area contributed by atoms with Gasteiger partial charge in [-0.15, -0.1) is 0 Å². The number of hydrogen-bond acceptors (Lipinski definition) is 1. The molecule has 0 saturated heterocycles. The van der Waals surface area contributed by atoms with Crippen LogP contribution in [-0.4, -0.2) is 17.4 Å². The van der Waals surface area contributed by atoms with Crippen LogP contribution in [0.25, 0.3) is 0 Å². The van der Waals surface area contributed by atoms with Crippen molar-refractivity contribution in [1.29, 1.82) is 0 Å². The third-order valence-corrected chi connectivity index (χ3v) is 4.25. The molecule has 1 aromatic carbocycles. The Morgan fingerprint density at radius 3 is 2.45 bits per heavy atom. The van der Waals surface area contributed by atoms with Crippen molar-refractivity contribution in [3.63, 3.8) is 0 Å². The molecule has 112 valence electrons. The number of benzene rings is 1. The minimum absolute atomic E-state index is 0.00342. The molecule has 0 spiro atoms. The highest BCUT2D eigenvalue weighted by Crippen LogP contribution is 2.39. The van der Waals surface area contributed by atoms with E-state index in [9.17, 15) is 18.3 Å². The molecule has 0 aromatic heterocycles. The van der Waals surface area contributed by atoms with Crippen molar-refractivity contribution in [3.05, 3.63) is 35.9 Å². The van der Waals surface area contributed by atoms with Gasteiger partial charge >= 0.3 is 6.18 Å². The largest absolute Gasteiger partial charge is 0.393 e. The predicted molar refractivity (Wildman–Crippen MR) is 72.4 cm³/mol. The van der Waals surface area contributed by atoms with Crippen LogP contribution in [0, 0.1) is 5.92 Å². The van der Waals surface area contributed by atoms with Crippen molar-refractivity contribution in [1.82, 2.24) is 0 Å². The van der Waals surface area contributed by atoms with Crippen molar-refractivity contribution < 1.29 is 18.3 Å². The first-order valence-corrected chi connectivity index (χ1v) is 7.25. The van der Waals surface area contributed by atoms with Crippen LogP contribution in [-0.2, 0) is 0 Å². The van der Waals surface area contributed by atoms with Gasteiger partial charge in [0.2, 0.25) is 0 Å². The van der Waals surface area contributed by atoms with Crippen molar-refractivity contribution >= 4 is 0 Å². The molecule has 1 aromatic rings. The summed E-state index contributed by atoms with van der Waals surface area (Å²) in [4.78, 5) is 0. The number of hydrogen-bond donors (Lipinski definition) is 1. The Bertz CT molecular complexity index is 402. The van der Waals surface area contributed by atoms with E-state index in [1.54, 1.807) is 0 Å². The number of aliphatic hydroxyl groups is 1. The topological polar surface area (TPSA) is 20.2 Å². The lowest BCUT2D eigenvalue weighted by atomic mass is 9.74. The Kier molecular flexibility index (Phi) is 5.08. The number of alkyl halides is 3. The Hall–Kier alpha value is -1.03. The molecule has 0 radical (unpaired) electrons. The van der Waals surface area contributed by atoms with E-state index >= 15 is 0 Å². The first kappa shape index (κ1) is 15.4. The van der Waals surface area contributed by atoms with Gasteiger partial charge in [-0.05, 0) is 49.5 Å². The van der Waals surface area contributed by atoms with Crippen molar-refractivity contribution in [2.75, 3.05) is 0 Å². The van der Waals surface area contributed by atoms with E-state index < -0.39 is 18.7 Å². The lowest BCUT2D eigenvalue weighted by molar-refractivity contribution is -0.136. The second kappa shape index (κ2) is 6.61. The molecule has 4 heteroatoms. The highest BCUT2D eigenvalue weighted by molar-refractivity contribution is 5.20. The average Bonchev–Trinajstić information content (AvgIpc) is 2.40. The van der Waals surface area contributed by atoms with Gasteiger partial charge in [-0.1, -0.05) is 30.3 Å². The third kappa shape index (κ3) is 4.51. The molecule has 1 aliphatic carbocycles. The summed E-state index contributed by atoms with van der Waals surface area (Å²) in [5.74, 6) is 0.367. The second-order valence-electron chi connectivity index (χ2n) is 5.76. The molecule has 3 unspecified atom stereocenters. The quantitative estimate of drug-likeness (QED) is 0.853. The van der Waals surface area contributed by atoms with E-state index in [0.717, 1.165) is 12.8 Å². The van der Waals surface area contributed by atoms with E-state index in [4.69, 9.17) is 0 Å². The van der Waals surface area contributed by atoms with Gasteiger partial charge in [-0.2, -0.15) is 13.2 Å². The van der Waals surface area contributed by atoms with Crippen LogP contribution in [0.2, 0.25) is 0 Å². The van der Waals surface area contributed by atoms with Crippen LogP contribution >= 0.6 is 0 Å². The average molecular weight is 286 g/mol. The fourth-order valence-corrected chi connectivity index (χ4v) is 3.15. The molecule has 0 aliphatic heterocycles. The van der Waals surface area contributed by atoms with Crippen LogP contribution in [0.5, 0.6) is 0 Å². The minimum atomic E-state index is -4.08. The summed E-state index contributed by atoms with van der Waals surface area (Å²) in [6, 6.07) is 10.1. The van der Waals surface area contributed by atoms with Crippen LogP contribution in [0.3, 0.4) is 0 Å². The summed E-state index contributed by atoms with van der Waals surface area (Å²) in [6.07, 6.45) is -2.29. The van der Waals surface area contributed by atoms with Gasteiger partial charge in [0, 0.05) is 6.42 Å². The number of rotatable bonds is 4. The van der Waals surface area contributed by atoms with E-state index in [1.165, 1.54) is 5.56 Å². The standard InChI is InChI=1S/C16H21F3O/c17-16(18,19)10-4-7-14-11-13(8-9-15(14)20)12-5-2-1-3-6-12/h1-3,5-6,13-15,20H,4,7-11H2. The second-order valence-corrected chi connectivity index (χ2v) is 5.76. The lowest BCUT2D eigenvalue weighted by Gasteiger charge is -2.33. The maximum absolute atomic E-state index is 12.2. The number of halogens is 3. The monoisotopic (exact) mass is 286 g/mol. The molecule has 1 nitrogen and oxygen atoms in total. The zero-order valence-corrected chi connectivity index (χ0v) is 11.4. The van der Waals surface area contributed by atoms with Crippen molar-refractivity contribution in [2.45, 2.75) is 56.7 Å². The van der Waals surface area contributed by atoms with Crippen LogP contribution in [0.1, 0.15) is 50.0 Å². The van der Waals surface area contributed by atoms with Gasteiger partial charge in [0.1, 0.15) is 0 Å². The maximum atomic E-state index is 12.2. The first-order valence-electron chi connectivity index (χ1n) is 7.25. The smallest absolute Gasteiger partial charge is 0.389 e. The first-order chi connectivity index (χ1) is 9.46. The zero-order chi connectivity index (χ0) is 14.6. The van der Waals surface area contributed by atoms with E-state index in [0.29, 0.717) is 18.8 Å². The fraction of sp³-hybridized carbons (Fsp3) is 0.625. The van der Waals surface area contributed by atoms with Gasteiger partial charge < -0.3 is 5.11 Å². The summed E-state index contributed by atoms with van der Waals surface area (Å²) in [7, 11) is 0. The Morgan fingerprint density at radius 1 is 1.10 bits per heavy atom. The van der Waals surface area contributed by atoms with Crippen molar-refractivity contribution in [2.24, 2.45) is 5.92 Å². The normalized spacial score (nSPS) is 27.5. The predicted octanol–water partition coefficient (Wildman–Crippen LogP) is 4.66. The lowest BCUT2D eigenvalue weighted by Crippen LogP contribution is -2.28. The minimum Gasteiger partial charge on any atom is -0.393 e. The van der Waals surface area contributed by atoms with Gasteiger partial charge in [0.25, 0.3) is 0 Å². The summed E-state index contributed by atoms with van der Waals surface area (Å²) in [6.45, 7) is 0. The van der Waals surface area contributed by atoms with Gasteiger partial charge in [0.05, 0.1) is 6.10 Å². The maximum Gasteiger partial charge on any atom is 0.389 e. The summed E-state index contributed by atoms with van der Waals surface area (Å²) in [5, 5.41) is 9.98. The van der Waals surface area contributed by atoms with Crippen LogP contribution < -0.4 is 0 Å². The molecule has 1 aliphatic rings. The SMILES string of the molecule is OC1CCC(c2ccccc2)CC1CCCC(F)(F)F. The zero-order valence-electron chi connectivity index (χ0n) is 11.4. The molecule has 1 fully saturated rings. The molecule has 1 saturated carbocycles. The van der Waals surface area contributed by atoms with E-state index in [1.807, 2.05) is 18.2 Å². The number of aliphatic hydroxyl groups excluding tert-OH is 1. The molecule has 20 heavy (non-hydrogen) atoms. The van der Waals surface area contributed by atoms with E-state index in [2.05, 4.69) is 12.1 Å². The third-order valence-electron chi connectivity index (χ3n) is 4.25. The Labute approximate surface area is 117 Å². The molecular formula is C16H21F3O. The van der Waals surface area contributed by atoms with E-state index in [-0.39, 0.29) is 12.3 Å². The highest BCUT2D eigenvalue weighted by Gasteiger charge is 2.32. The molecule has 3 atom stereocenters. The van der Waals surface area contributed by atoms with Gasteiger partial charge in [-0.3, -0.25) is 0 Å². The molecule has 0 heterocycles. The molecule has 0 amide bonds. The molecule has 0 bridgehead atoms. The molecular weight excluding hydrogens is 265 g/mol.